The van der Waals surface area contributed by atoms with Crippen molar-refractivity contribution >= 4 is 21.6 Å². The largest absolute Gasteiger partial charge is 0.218 e. The van der Waals surface area contributed by atoms with Crippen LogP contribution in [0.4, 0.5) is 4.39 Å². The molecule has 0 saturated carbocycles. The Morgan fingerprint density at radius 3 is 2.64 bits per heavy atom. The lowest BCUT2D eigenvalue weighted by atomic mass is 10.2. The van der Waals surface area contributed by atoms with E-state index in [1.807, 2.05) is 0 Å². The number of hydrogen-bond acceptors (Lipinski definition) is 2. The van der Waals surface area contributed by atoms with Crippen LogP contribution in [0.1, 0.15) is 5.56 Å². The minimum absolute atomic E-state index is 0.0180. The zero-order valence-electron chi connectivity index (χ0n) is 7.42. The van der Waals surface area contributed by atoms with Crippen molar-refractivity contribution in [3.63, 3.8) is 0 Å². The molecule has 0 unspecified atom stereocenters. The Morgan fingerprint density at radius 2 is 2.14 bits per heavy atom. The highest BCUT2D eigenvalue weighted by molar-refractivity contribution is 7.88. The van der Waals surface area contributed by atoms with Crippen LogP contribution in [0.5, 0.6) is 0 Å². The molecule has 0 amide bonds. The first-order chi connectivity index (χ1) is 6.44. The van der Waals surface area contributed by atoms with Crippen molar-refractivity contribution in [3.05, 3.63) is 34.6 Å². The molecule has 1 aromatic carbocycles. The van der Waals surface area contributed by atoms with Gasteiger partial charge in [0.05, 0.1) is 10.8 Å². The van der Waals surface area contributed by atoms with Gasteiger partial charge >= 0.3 is 0 Å². The molecule has 0 heterocycles. The third-order valence-electron chi connectivity index (χ3n) is 1.65. The molecule has 0 aromatic heterocycles. The second kappa shape index (κ2) is 4.25. The molecular formula is C8H9ClFNO2S. The smallest absolute Gasteiger partial charge is 0.215 e. The van der Waals surface area contributed by atoms with Crippen LogP contribution in [-0.4, -0.2) is 15.5 Å². The predicted octanol–water partition coefficient (Wildman–Crippen LogP) is 1.53. The maximum atomic E-state index is 12.9. The molecule has 0 aliphatic heterocycles. The Morgan fingerprint density at radius 1 is 1.50 bits per heavy atom. The number of benzene rings is 1. The SMILES string of the molecule is CNS(=O)(=O)Cc1ccc(Cl)c(F)c1. The molecule has 3 nitrogen and oxygen atoms in total. The topological polar surface area (TPSA) is 46.2 Å². The molecule has 0 atom stereocenters. The van der Waals surface area contributed by atoms with Gasteiger partial charge in [-0.25, -0.2) is 17.5 Å². The molecule has 0 bridgehead atoms. The highest BCUT2D eigenvalue weighted by atomic mass is 35.5. The third-order valence-corrected chi connectivity index (χ3v) is 3.29. The fraction of sp³-hybridized carbons (Fsp3) is 0.250. The summed E-state index contributed by atoms with van der Waals surface area (Å²) < 4.78 is 37.2. The Kier molecular flexibility index (Phi) is 3.47. The monoisotopic (exact) mass is 237 g/mol. The van der Waals surface area contributed by atoms with Gasteiger partial charge in [-0.05, 0) is 24.7 Å². The molecule has 0 aliphatic rings. The van der Waals surface area contributed by atoms with Crippen molar-refractivity contribution in [3.8, 4) is 0 Å². The quantitative estimate of drug-likeness (QED) is 0.867. The number of rotatable bonds is 3. The van der Waals surface area contributed by atoms with E-state index in [4.69, 9.17) is 11.6 Å². The normalized spacial score (nSPS) is 11.6. The van der Waals surface area contributed by atoms with E-state index < -0.39 is 15.8 Å². The summed E-state index contributed by atoms with van der Waals surface area (Å²) in [6.45, 7) is 0. The van der Waals surface area contributed by atoms with E-state index in [0.29, 0.717) is 5.56 Å². The van der Waals surface area contributed by atoms with Gasteiger partial charge < -0.3 is 0 Å². The Labute approximate surface area is 86.9 Å². The maximum Gasteiger partial charge on any atom is 0.215 e. The van der Waals surface area contributed by atoms with E-state index in [2.05, 4.69) is 4.72 Å². The molecule has 6 heteroatoms. The third kappa shape index (κ3) is 2.94. The summed E-state index contributed by atoms with van der Waals surface area (Å²) >= 11 is 5.45. The minimum Gasteiger partial charge on any atom is -0.218 e. The standard InChI is InChI=1S/C8H9ClFNO2S/c1-11-14(12,13)5-6-2-3-7(9)8(10)4-6/h2-4,11H,5H2,1H3. The summed E-state index contributed by atoms with van der Waals surface area (Å²) in [5.41, 5.74) is 0.362. The van der Waals surface area contributed by atoms with E-state index in [0.717, 1.165) is 6.07 Å². The van der Waals surface area contributed by atoms with Gasteiger partial charge in [0.2, 0.25) is 10.0 Å². The highest BCUT2D eigenvalue weighted by Gasteiger charge is 2.09. The van der Waals surface area contributed by atoms with E-state index >= 15 is 0 Å². The molecule has 78 valence electrons. The Bertz CT molecular complexity index is 433. The zero-order valence-corrected chi connectivity index (χ0v) is 8.99. The first-order valence-corrected chi connectivity index (χ1v) is 5.83. The van der Waals surface area contributed by atoms with Crippen LogP contribution in [0.2, 0.25) is 5.02 Å². The molecule has 14 heavy (non-hydrogen) atoms. The second-order valence-corrected chi connectivity index (χ2v) is 5.05. The highest BCUT2D eigenvalue weighted by Crippen LogP contribution is 2.16. The predicted molar refractivity (Wildman–Crippen MR) is 53.1 cm³/mol. The van der Waals surface area contributed by atoms with E-state index in [1.54, 1.807) is 0 Å². The first-order valence-electron chi connectivity index (χ1n) is 3.80. The molecule has 0 fully saturated rings. The lowest BCUT2D eigenvalue weighted by molar-refractivity contribution is 0.587. The molecule has 1 rings (SSSR count). The lowest BCUT2D eigenvalue weighted by Crippen LogP contribution is -2.20. The number of hydrogen-bond donors (Lipinski definition) is 1. The van der Waals surface area contributed by atoms with Crippen molar-refractivity contribution in [2.75, 3.05) is 7.05 Å². The molecule has 1 N–H and O–H groups in total. The fourth-order valence-corrected chi connectivity index (χ4v) is 1.80. The second-order valence-electron chi connectivity index (χ2n) is 2.71. The van der Waals surface area contributed by atoms with Gasteiger partial charge in [0, 0.05) is 0 Å². The molecule has 0 radical (unpaired) electrons. The Balaban J connectivity index is 2.94. The Hall–Kier alpha value is -0.650. The first kappa shape index (κ1) is 11.4. The fourth-order valence-electron chi connectivity index (χ4n) is 0.921. The van der Waals surface area contributed by atoms with Crippen LogP contribution < -0.4 is 4.72 Å². The van der Waals surface area contributed by atoms with Gasteiger partial charge in [-0.3, -0.25) is 0 Å². The van der Waals surface area contributed by atoms with Crippen LogP contribution >= 0.6 is 11.6 Å². The zero-order chi connectivity index (χ0) is 10.8. The summed E-state index contributed by atoms with van der Waals surface area (Å²) in [7, 11) is -2.05. The van der Waals surface area contributed by atoms with Gasteiger partial charge in [-0.1, -0.05) is 17.7 Å². The minimum atomic E-state index is -3.36. The molecule has 0 aliphatic carbocycles. The van der Waals surface area contributed by atoms with Crippen molar-refractivity contribution < 1.29 is 12.8 Å². The van der Waals surface area contributed by atoms with Gasteiger partial charge in [0.1, 0.15) is 5.82 Å². The van der Waals surface area contributed by atoms with Gasteiger partial charge in [-0.15, -0.1) is 0 Å². The maximum absolute atomic E-state index is 12.9. The summed E-state index contributed by atoms with van der Waals surface area (Å²) in [6, 6.07) is 3.91. The van der Waals surface area contributed by atoms with Crippen LogP contribution in [0, 0.1) is 5.82 Å². The lowest BCUT2D eigenvalue weighted by Gasteiger charge is -2.03. The molecule has 0 spiro atoms. The van der Waals surface area contributed by atoms with Crippen molar-refractivity contribution in [2.24, 2.45) is 0 Å². The number of halogens is 2. The molecule has 0 saturated heterocycles. The van der Waals surface area contributed by atoms with Crippen molar-refractivity contribution in [1.82, 2.24) is 4.72 Å². The van der Waals surface area contributed by atoms with Crippen LogP contribution in [-0.2, 0) is 15.8 Å². The average Bonchev–Trinajstić information content (AvgIpc) is 2.11. The van der Waals surface area contributed by atoms with Crippen molar-refractivity contribution in [2.45, 2.75) is 5.75 Å². The van der Waals surface area contributed by atoms with E-state index in [1.165, 1.54) is 19.2 Å². The molecule has 1 aromatic rings. The molecular weight excluding hydrogens is 229 g/mol. The van der Waals surface area contributed by atoms with Crippen LogP contribution in [0.3, 0.4) is 0 Å². The number of sulfonamides is 1. The summed E-state index contributed by atoms with van der Waals surface area (Å²) in [5.74, 6) is -0.868. The van der Waals surface area contributed by atoms with Gasteiger partial charge in [0.15, 0.2) is 0 Å². The summed E-state index contributed by atoms with van der Waals surface area (Å²) in [5, 5.41) is -0.0180. The van der Waals surface area contributed by atoms with Crippen LogP contribution in [0.25, 0.3) is 0 Å². The van der Waals surface area contributed by atoms with Crippen LogP contribution in [0.15, 0.2) is 18.2 Å². The van der Waals surface area contributed by atoms with Gasteiger partial charge in [-0.2, -0.15) is 0 Å². The summed E-state index contributed by atoms with van der Waals surface area (Å²) in [4.78, 5) is 0. The van der Waals surface area contributed by atoms with E-state index in [9.17, 15) is 12.8 Å². The van der Waals surface area contributed by atoms with Crippen molar-refractivity contribution in [1.29, 1.82) is 0 Å². The van der Waals surface area contributed by atoms with E-state index in [-0.39, 0.29) is 10.8 Å². The number of nitrogens with one attached hydrogen (secondary N) is 1. The summed E-state index contributed by atoms with van der Waals surface area (Å²) in [6.07, 6.45) is 0. The average molecular weight is 238 g/mol. The van der Waals surface area contributed by atoms with Gasteiger partial charge in [0.25, 0.3) is 0 Å².